The predicted octanol–water partition coefficient (Wildman–Crippen LogP) is 0.511. The lowest BCUT2D eigenvalue weighted by molar-refractivity contribution is -0.128. The Bertz CT molecular complexity index is 405. The maximum absolute atomic E-state index is 11.6. The minimum Gasteiger partial charge on any atom is -0.367 e. The van der Waals surface area contributed by atoms with Crippen LogP contribution >= 0.6 is 11.3 Å². The van der Waals surface area contributed by atoms with Crippen molar-refractivity contribution in [1.82, 2.24) is 5.32 Å². The molecule has 2 heterocycles. The molecule has 0 bridgehead atoms. The fourth-order valence-corrected chi connectivity index (χ4v) is 2.41. The minimum atomic E-state index is -0.501. The number of hydrogen-bond donors (Lipinski definition) is 2. The summed E-state index contributed by atoms with van der Waals surface area (Å²) in [6.45, 7) is 0.417. The van der Waals surface area contributed by atoms with Crippen molar-refractivity contribution in [2.75, 3.05) is 6.54 Å². The molecule has 1 aliphatic heterocycles. The molecule has 17 heavy (non-hydrogen) atoms. The van der Waals surface area contributed by atoms with Gasteiger partial charge in [0.25, 0.3) is 5.91 Å². The molecule has 3 N–H and O–H groups in total. The van der Waals surface area contributed by atoms with Gasteiger partial charge >= 0.3 is 0 Å². The molecule has 2 unspecified atom stereocenters. The van der Waals surface area contributed by atoms with Crippen molar-refractivity contribution < 1.29 is 14.3 Å². The lowest BCUT2D eigenvalue weighted by atomic mass is 10.2. The van der Waals surface area contributed by atoms with Gasteiger partial charge in [-0.15, -0.1) is 11.3 Å². The summed E-state index contributed by atoms with van der Waals surface area (Å²) in [5.74, 6) is -0.539. The smallest absolute Gasteiger partial charge is 0.261 e. The fourth-order valence-electron chi connectivity index (χ4n) is 1.77. The molecule has 5 nitrogen and oxygen atoms in total. The van der Waals surface area contributed by atoms with Crippen LogP contribution < -0.4 is 11.1 Å². The maximum atomic E-state index is 11.6. The van der Waals surface area contributed by atoms with Gasteiger partial charge in [0.2, 0.25) is 5.91 Å². The summed E-state index contributed by atoms with van der Waals surface area (Å²) >= 11 is 1.39. The molecule has 2 atom stereocenters. The number of carbonyl (C=O) groups excluding carboxylic acids is 2. The number of carbonyl (C=O) groups is 2. The van der Waals surface area contributed by atoms with Gasteiger partial charge in [0.1, 0.15) is 6.10 Å². The molecule has 2 rings (SSSR count). The second kappa shape index (κ2) is 5.29. The molecule has 2 amide bonds. The van der Waals surface area contributed by atoms with E-state index in [0.717, 1.165) is 6.42 Å². The molecule has 92 valence electrons. The lowest BCUT2D eigenvalue weighted by Crippen LogP contribution is -2.34. The SMILES string of the molecule is NC(=O)C1CCC(CNC(=O)c2cccs2)O1. The first-order chi connectivity index (χ1) is 8.16. The zero-order valence-corrected chi connectivity index (χ0v) is 10.0. The van der Waals surface area contributed by atoms with Crippen LogP contribution in [0.25, 0.3) is 0 Å². The molecule has 1 saturated heterocycles. The van der Waals surface area contributed by atoms with E-state index in [2.05, 4.69) is 5.32 Å². The molecule has 0 spiro atoms. The monoisotopic (exact) mass is 254 g/mol. The molecule has 0 radical (unpaired) electrons. The first-order valence-electron chi connectivity index (χ1n) is 5.43. The summed E-state index contributed by atoms with van der Waals surface area (Å²) in [4.78, 5) is 23.2. The van der Waals surface area contributed by atoms with Crippen molar-refractivity contribution in [3.8, 4) is 0 Å². The summed E-state index contributed by atoms with van der Waals surface area (Å²) in [6, 6.07) is 3.59. The Morgan fingerprint density at radius 1 is 1.53 bits per heavy atom. The van der Waals surface area contributed by atoms with Crippen molar-refractivity contribution in [1.29, 1.82) is 0 Å². The lowest BCUT2D eigenvalue weighted by Gasteiger charge is -2.12. The van der Waals surface area contributed by atoms with Crippen LogP contribution in [0.15, 0.2) is 17.5 Å². The largest absolute Gasteiger partial charge is 0.367 e. The zero-order valence-electron chi connectivity index (χ0n) is 9.22. The van der Waals surface area contributed by atoms with Gasteiger partial charge in [-0.25, -0.2) is 0 Å². The molecule has 0 aromatic carbocycles. The van der Waals surface area contributed by atoms with E-state index in [4.69, 9.17) is 10.5 Å². The number of thiophene rings is 1. The van der Waals surface area contributed by atoms with E-state index < -0.39 is 12.0 Å². The average molecular weight is 254 g/mol. The highest BCUT2D eigenvalue weighted by molar-refractivity contribution is 7.12. The van der Waals surface area contributed by atoms with Crippen molar-refractivity contribution in [2.45, 2.75) is 25.0 Å². The van der Waals surface area contributed by atoms with E-state index in [-0.39, 0.29) is 12.0 Å². The number of ether oxygens (including phenoxy) is 1. The van der Waals surface area contributed by atoms with Gasteiger partial charge in [-0.05, 0) is 24.3 Å². The van der Waals surface area contributed by atoms with Gasteiger partial charge in [0.05, 0.1) is 11.0 Å². The van der Waals surface area contributed by atoms with Gasteiger partial charge < -0.3 is 15.8 Å². The van der Waals surface area contributed by atoms with E-state index >= 15 is 0 Å². The van der Waals surface area contributed by atoms with Crippen LogP contribution in [0.5, 0.6) is 0 Å². The van der Waals surface area contributed by atoms with Gasteiger partial charge in [0, 0.05) is 6.54 Å². The van der Waals surface area contributed by atoms with E-state index in [0.29, 0.717) is 17.8 Å². The number of rotatable bonds is 4. The minimum absolute atomic E-state index is 0.105. The quantitative estimate of drug-likeness (QED) is 0.821. The molecular weight excluding hydrogens is 240 g/mol. The van der Waals surface area contributed by atoms with E-state index in [1.165, 1.54) is 11.3 Å². The average Bonchev–Trinajstić information content (AvgIpc) is 2.97. The van der Waals surface area contributed by atoms with Gasteiger partial charge in [-0.1, -0.05) is 6.07 Å². The number of nitrogens with one attached hydrogen (secondary N) is 1. The highest BCUT2D eigenvalue weighted by atomic mass is 32.1. The van der Waals surface area contributed by atoms with Crippen LogP contribution in [0.1, 0.15) is 22.5 Å². The number of nitrogens with two attached hydrogens (primary N) is 1. The van der Waals surface area contributed by atoms with Crippen LogP contribution in [0.2, 0.25) is 0 Å². The van der Waals surface area contributed by atoms with Gasteiger partial charge in [0.15, 0.2) is 0 Å². The van der Waals surface area contributed by atoms with Crippen molar-refractivity contribution in [3.05, 3.63) is 22.4 Å². The second-order valence-electron chi connectivity index (χ2n) is 3.91. The molecule has 0 aliphatic carbocycles. The van der Waals surface area contributed by atoms with E-state index in [1.807, 2.05) is 11.4 Å². The van der Waals surface area contributed by atoms with E-state index in [1.54, 1.807) is 6.07 Å². The first kappa shape index (κ1) is 12.1. The summed E-state index contributed by atoms with van der Waals surface area (Å²) in [5.41, 5.74) is 5.14. The van der Waals surface area contributed by atoms with Crippen LogP contribution in [0.4, 0.5) is 0 Å². The molecule has 1 aliphatic rings. The standard InChI is InChI=1S/C11H14N2O3S/c12-10(14)8-4-3-7(16-8)6-13-11(15)9-2-1-5-17-9/h1-2,5,7-8H,3-4,6H2,(H2,12,14)(H,13,15). The summed E-state index contributed by atoms with van der Waals surface area (Å²) in [6.07, 6.45) is 0.766. The third kappa shape index (κ3) is 3.04. The molecule has 1 fully saturated rings. The van der Waals surface area contributed by atoms with Gasteiger partial charge in [-0.3, -0.25) is 9.59 Å². The van der Waals surface area contributed by atoms with Crippen LogP contribution in [0, 0.1) is 0 Å². The Balaban J connectivity index is 1.76. The third-order valence-corrected chi connectivity index (χ3v) is 3.53. The normalized spacial score (nSPS) is 23.5. The molecule has 6 heteroatoms. The van der Waals surface area contributed by atoms with Crippen molar-refractivity contribution in [3.63, 3.8) is 0 Å². The van der Waals surface area contributed by atoms with Crippen molar-refractivity contribution >= 4 is 23.2 Å². The Morgan fingerprint density at radius 2 is 2.35 bits per heavy atom. The topological polar surface area (TPSA) is 81.4 Å². The number of amides is 2. The fraction of sp³-hybridized carbons (Fsp3) is 0.455. The Labute approximate surface area is 103 Å². The molecular formula is C11H14N2O3S. The van der Waals surface area contributed by atoms with E-state index in [9.17, 15) is 9.59 Å². The number of hydrogen-bond acceptors (Lipinski definition) is 4. The Hall–Kier alpha value is -1.40. The highest BCUT2D eigenvalue weighted by Crippen LogP contribution is 2.19. The summed E-state index contributed by atoms with van der Waals surface area (Å²) in [7, 11) is 0. The third-order valence-electron chi connectivity index (χ3n) is 2.66. The Kier molecular flexibility index (Phi) is 3.75. The van der Waals surface area contributed by atoms with Crippen LogP contribution in [-0.4, -0.2) is 30.6 Å². The van der Waals surface area contributed by atoms with Crippen LogP contribution in [0.3, 0.4) is 0 Å². The Morgan fingerprint density at radius 3 is 2.94 bits per heavy atom. The summed E-state index contributed by atoms with van der Waals surface area (Å²) < 4.78 is 5.40. The molecule has 1 aromatic heterocycles. The number of primary amides is 1. The first-order valence-corrected chi connectivity index (χ1v) is 6.31. The molecule has 1 aromatic rings. The van der Waals surface area contributed by atoms with Crippen LogP contribution in [-0.2, 0) is 9.53 Å². The summed E-state index contributed by atoms with van der Waals surface area (Å²) in [5, 5.41) is 4.63. The second-order valence-corrected chi connectivity index (χ2v) is 4.86. The predicted molar refractivity (Wildman–Crippen MR) is 63.7 cm³/mol. The molecule has 0 saturated carbocycles. The highest BCUT2D eigenvalue weighted by Gasteiger charge is 2.29. The maximum Gasteiger partial charge on any atom is 0.261 e. The van der Waals surface area contributed by atoms with Crippen molar-refractivity contribution in [2.24, 2.45) is 5.73 Å². The van der Waals surface area contributed by atoms with Gasteiger partial charge in [-0.2, -0.15) is 0 Å². The zero-order chi connectivity index (χ0) is 12.3.